The molecule has 3 fully saturated rings. The van der Waals surface area contributed by atoms with Gasteiger partial charge in [0.2, 0.25) is 11.8 Å². The first-order valence-electron chi connectivity index (χ1n) is 11.2. The van der Waals surface area contributed by atoms with Crippen LogP contribution in [-0.2, 0) is 15.8 Å². The number of fused-ring (bicyclic) bond motifs is 9. The zero-order chi connectivity index (χ0) is 24.2. The fourth-order valence-electron chi connectivity index (χ4n) is 6.95. The number of para-hydroxylation sites is 1. The third kappa shape index (κ3) is 2.82. The highest BCUT2D eigenvalue weighted by molar-refractivity contribution is 8.00. The van der Waals surface area contributed by atoms with Crippen molar-refractivity contribution in [3.63, 3.8) is 0 Å². The highest BCUT2D eigenvalue weighted by Crippen LogP contribution is 2.68. The Morgan fingerprint density at radius 1 is 1.00 bits per heavy atom. The average Bonchev–Trinajstić information content (AvgIpc) is 3.61. The molecule has 7 rings (SSSR count). The summed E-state index contributed by atoms with van der Waals surface area (Å²) in [5.74, 6) is -2.43. The second-order valence-electron chi connectivity index (χ2n) is 9.50. The first kappa shape index (κ1) is 21.5. The van der Waals surface area contributed by atoms with E-state index in [-0.39, 0.29) is 33.8 Å². The van der Waals surface area contributed by atoms with Gasteiger partial charge in [0.1, 0.15) is 5.76 Å². The average molecular weight is 519 g/mol. The van der Waals surface area contributed by atoms with Gasteiger partial charge in [0.25, 0.3) is 0 Å². The van der Waals surface area contributed by atoms with Crippen molar-refractivity contribution in [3.05, 3.63) is 68.5 Å². The van der Waals surface area contributed by atoms with Crippen LogP contribution in [0, 0.1) is 29.6 Å². The number of furan rings is 1. The number of hydrogen-bond donors (Lipinski definition) is 1. The van der Waals surface area contributed by atoms with Gasteiger partial charge in [-0.3, -0.25) is 14.4 Å². The number of nitrogens with zero attached hydrogens (tertiary/aromatic N) is 1. The lowest BCUT2D eigenvalue weighted by Crippen LogP contribution is -2.42. The number of aromatic amines is 1. The van der Waals surface area contributed by atoms with E-state index in [1.54, 1.807) is 12.3 Å². The van der Waals surface area contributed by atoms with Crippen molar-refractivity contribution >= 4 is 40.6 Å². The minimum absolute atomic E-state index is 0.0522. The van der Waals surface area contributed by atoms with Crippen LogP contribution in [0.15, 0.2) is 56.9 Å². The molecule has 1 N–H and O–H groups in total. The molecule has 4 heterocycles. The van der Waals surface area contributed by atoms with Crippen LogP contribution >= 0.6 is 23.1 Å². The second kappa shape index (κ2) is 7.13. The lowest BCUT2D eigenvalue weighted by atomic mass is 9.69. The van der Waals surface area contributed by atoms with Crippen LogP contribution in [0.25, 0.3) is 0 Å². The van der Waals surface area contributed by atoms with Crippen molar-refractivity contribution in [1.82, 2.24) is 4.98 Å². The first-order valence-corrected chi connectivity index (χ1v) is 12.9. The van der Waals surface area contributed by atoms with Crippen LogP contribution in [0.5, 0.6) is 0 Å². The molecule has 2 aromatic heterocycles. The van der Waals surface area contributed by atoms with E-state index in [4.69, 9.17) is 4.42 Å². The topological polar surface area (TPSA) is 83.4 Å². The number of alkyl halides is 3. The Bertz CT molecular complexity index is 1430. The quantitative estimate of drug-likeness (QED) is 0.496. The Kier molecular flexibility index (Phi) is 4.38. The molecule has 2 saturated carbocycles. The zero-order valence-electron chi connectivity index (χ0n) is 17.8. The van der Waals surface area contributed by atoms with Crippen LogP contribution in [0.2, 0.25) is 0 Å². The number of H-pyrrole nitrogens is 1. The maximum atomic E-state index is 13.7. The minimum atomic E-state index is -4.69. The molecular weight excluding hydrogens is 501 g/mol. The third-order valence-electron chi connectivity index (χ3n) is 8.02. The number of benzene rings is 1. The van der Waals surface area contributed by atoms with Crippen LogP contribution in [0.3, 0.4) is 0 Å². The number of rotatable bonds is 2. The van der Waals surface area contributed by atoms with Crippen LogP contribution in [-0.4, -0.2) is 22.0 Å². The second-order valence-corrected chi connectivity index (χ2v) is 11.7. The van der Waals surface area contributed by atoms with Gasteiger partial charge in [-0.05, 0) is 48.4 Å². The first-order chi connectivity index (χ1) is 16.8. The summed E-state index contributed by atoms with van der Waals surface area (Å²) in [5, 5.41) is 0.700. The maximum absolute atomic E-state index is 13.7. The van der Waals surface area contributed by atoms with E-state index in [1.807, 2.05) is 6.07 Å². The molecule has 2 aliphatic carbocycles. The molecule has 35 heavy (non-hydrogen) atoms. The van der Waals surface area contributed by atoms with Crippen LogP contribution in [0.1, 0.15) is 28.5 Å². The summed E-state index contributed by atoms with van der Waals surface area (Å²) in [6, 6.07) is 8.37. The van der Waals surface area contributed by atoms with E-state index < -0.39 is 41.1 Å². The minimum Gasteiger partial charge on any atom is -0.469 e. The van der Waals surface area contributed by atoms with Gasteiger partial charge in [-0.1, -0.05) is 23.5 Å². The largest absolute Gasteiger partial charge is 0.469 e. The number of halogens is 3. The molecule has 11 heteroatoms. The van der Waals surface area contributed by atoms with Crippen molar-refractivity contribution in [2.75, 3.05) is 4.90 Å². The van der Waals surface area contributed by atoms with Crippen molar-refractivity contribution in [2.24, 2.45) is 29.6 Å². The van der Waals surface area contributed by atoms with Gasteiger partial charge in [0.15, 0.2) is 0 Å². The Balaban J connectivity index is 1.32. The van der Waals surface area contributed by atoms with Gasteiger partial charge >= 0.3 is 11.0 Å². The molecule has 2 bridgehead atoms. The number of nitrogens with one attached hydrogen (secondary N) is 1. The summed E-state index contributed by atoms with van der Waals surface area (Å²) in [7, 11) is 0. The SMILES string of the molecule is O=C1C2C(C(=O)N1c1ccccc1C(F)(F)F)[C@@H]1C[C@H]2C2Sc3[nH]c(=O)sc3C(c3ccco3)C21. The maximum Gasteiger partial charge on any atom is 0.418 e. The predicted molar refractivity (Wildman–Crippen MR) is 121 cm³/mol. The van der Waals surface area contributed by atoms with E-state index in [1.165, 1.54) is 30.0 Å². The van der Waals surface area contributed by atoms with Crippen molar-refractivity contribution in [2.45, 2.75) is 28.8 Å². The molecular formula is C24H17F3N2O4S2. The number of aromatic nitrogens is 1. The molecule has 0 radical (unpaired) electrons. The molecule has 5 unspecified atom stereocenters. The van der Waals surface area contributed by atoms with Crippen LogP contribution in [0.4, 0.5) is 18.9 Å². The number of imide groups is 1. The normalized spacial score (nSPS) is 33.2. The fourth-order valence-corrected chi connectivity index (χ4v) is 9.82. The molecule has 7 atom stereocenters. The number of hydrogen-bond acceptors (Lipinski definition) is 6. The van der Waals surface area contributed by atoms with E-state index >= 15 is 0 Å². The lowest BCUT2D eigenvalue weighted by Gasteiger charge is -2.42. The fraction of sp³-hybridized carbons (Fsp3) is 0.375. The molecule has 6 nitrogen and oxygen atoms in total. The van der Waals surface area contributed by atoms with Gasteiger partial charge in [-0.2, -0.15) is 13.2 Å². The smallest absolute Gasteiger partial charge is 0.418 e. The third-order valence-corrected chi connectivity index (χ3v) is 10.6. The highest BCUT2D eigenvalue weighted by atomic mass is 32.2. The van der Waals surface area contributed by atoms with Gasteiger partial charge in [0, 0.05) is 5.25 Å². The number of carbonyl (C=O) groups excluding carboxylic acids is 2. The molecule has 1 aromatic carbocycles. The Hall–Kier alpha value is -2.79. The summed E-state index contributed by atoms with van der Waals surface area (Å²) >= 11 is 2.64. The number of carbonyl (C=O) groups is 2. The zero-order valence-corrected chi connectivity index (χ0v) is 19.5. The lowest BCUT2D eigenvalue weighted by molar-refractivity contribution is -0.137. The van der Waals surface area contributed by atoms with Crippen molar-refractivity contribution in [1.29, 1.82) is 0 Å². The summed E-state index contributed by atoms with van der Waals surface area (Å²) in [6.45, 7) is 0. The molecule has 3 aromatic rings. The molecule has 0 spiro atoms. The van der Waals surface area contributed by atoms with Crippen molar-refractivity contribution < 1.29 is 27.2 Å². The summed E-state index contributed by atoms with van der Waals surface area (Å²) < 4.78 is 46.9. The molecule has 2 amide bonds. The van der Waals surface area contributed by atoms with E-state index in [9.17, 15) is 27.6 Å². The van der Waals surface area contributed by atoms with Gasteiger partial charge in [-0.15, -0.1) is 11.8 Å². The number of thioether (sulfide) groups is 1. The predicted octanol–water partition coefficient (Wildman–Crippen LogP) is 4.73. The summed E-state index contributed by atoms with van der Waals surface area (Å²) in [5.41, 5.74) is -1.39. The van der Waals surface area contributed by atoms with Gasteiger partial charge in [0.05, 0.1) is 45.2 Å². The van der Waals surface area contributed by atoms with E-state index in [0.717, 1.165) is 32.2 Å². The number of anilines is 1. The molecule has 1 saturated heterocycles. The van der Waals surface area contributed by atoms with Gasteiger partial charge < -0.3 is 9.40 Å². The van der Waals surface area contributed by atoms with Gasteiger partial charge in [-0.25, -0.2) is 4.90 Å². The number of amides is 2. The molecule has 2 aliphatic heterocycles. The van der Waals surface area contributed by atoms with Crippen molar-refractivity contribution in [3.8, 4) is 0 Å². The Morgan fingerprint density at radius 3 is 2.46 bits per heavy atom. The van der Waals surface area contributed by atoms with E-state index in [2.05, 4.69) is 4.98 Å². The van der Waals surface area contributed by atoms with Crippen LogP contribution < -0.4 is 9.77 Å². The summed E-state index contributed by atoms with van der Waals surface area (Å²) in [6.07, 6.45) is -2.47. The standard InChI is InChI=1S/C24H17F3N2O4S2/c25-24(26,27)11-4-1-2-5-12(11)29-21(30)15-9-8-10(16(15)22(29)31)18-14(9)17(13-6-3-7-33-13)19-20(34-18)28-23(32)35-19/h1-7,9-10,14-18H,8H2,(H,28,32)/t9-,10-,14?,15?,16?,17?,18?/m1/s1. The highest BCUT2D eigenvalue weighted by Gasteiger charge is 2.70. The summed E-state index contributed by atoms with van der Waals surface area (Å²) in [4.78, 5) is 43.7. The monoisotopic (exact) mass is 518 g/mol. The molecule has 4 aliphatic rings. The number of thiazole rings is 1. The van der Waals surface area contributed by atoms with E-state index in [0.29, 0.717) is 12.2 Å². The Labute approximate surface area is 204 Å². The Morgan fingerprint density at radius 2 is 1.74 bits per heavy atom. The molecule has 180 valence electrons.